The van der Waals surface area contributed by atoms with Crippen LogP contribution in [-0.4, -0.2) is 28.5 Å². The number of carboxylic acid groups (broad SMARTS) is 1. The van der Waals surface area contributed by atoms with Gasteiger partial charge in [0.2, 0.25) is 5.91 Å². The first-order chi connectivity index (χ1) is 9.62. The fourth-order valence-electron chi connectivity index (χ4n) is 2.48. The lowest BCUT2D eigenvalue weighted by atomic mass is 9.86. The fourth-order valence-corrected chi connectivity index (χ4v) is 2.48. The van der Waals surface area contributed by atoms with Crippen LogP contribution in [0.1, 0.15) is 31.2 Å². The van der Waals surface area contributed by atoms with Crippen LogP contribution < -0.4 is 5.32 Å². The molecule has 0 bridgehead atoms. The van der Waals surface area contributed by atoms with Crippen molar-refractivity contribution in [1.29, 1.82) is 0 Å². The summed E-state index contributed by atoms with van der Waals surface area (Å²) in [6.07, 6.45) is 9.46. The van der Waals surface area contributed by atoms with Gasteiger partial charge < -0.3 is 10.4 Å². The van der Waals surface area contributed by atoms with Crippen LogP contribution in [-0.2, 0) is 9.59 Å². The quantitative estimate of drug-likeness (QED) is 0.803. The lowest BCUT2D eigenvalue weighted by Crippen LogP contribution is -2.40. The predicted octanol–water partition coefficient (Wildman–Crippen LogP) is 1.86. The molecule has 0 saturated heterocycles. The summed E-state index contributed by atoms with van der Waals surface area (Å²) in [5.74, 6) is -1.09. The van der Waals surface area contributed by atoms with E-state index in [9.17, 15) is 14.7 Å². The molecule has 1 fully saturated rings. The van der Waals surface area contributed by atoms with E-state index >= 15 is 0 Å². The second kappa shape index (κ2) is 6.32. The van der Waals surface area contributed by atoms with Crippen molar-refractivity contribution in [3.63, 3.8) is 0 Å². The lowest BCUT2D eigenvalue weighted by Gasteiger charge is -2.23. The second-order valence-corrected chi connectivity index (χ2v) is 5.13. The summed E-state index contributed by atoms with van der Waals surface area (Å²) in [5, 5.41) is 12.0. The predicted molar refractivity (Wildman–Crippen MR) is 74.8 cm³/mol. The zero-order valence-electron chi connectivity index (χ0n) is 11.2. The number of pyridine rings is 1. The van der Waals surface area contributed by atoms with E-state index < -0.39 is 11.4 Å². The van der Waals surface area contributed by atoms with E-state index in [0.717, 1.165) is 18.4 Å². The number of carbonyl (C=O) groups is 2. The molecule has 0 aliphatic heterocycles. The molecule has 106 valence electrons. The maximum atomic E-state index is 11.7. The largest absolute Gasteiger partial charge is 0.481 e. The van der Waals surface area contributed by atoms with Crippen LogP contribution >= 0.6 is 0 Å². The number of rotatable bonds is 5. The van der Waals surface area contributed by atoms with Crippen molar-refractivity contribution in [2.45, 2.75) is 25.7 Å². The molecule has 5 heteroatoms. The highest BCUT2D eigenvalue weighted by molar-refractivity contribution is 5.92. The average molecular weight is 274 g/mol. The van der Waals surface area contributed by atoms with Gasteiger partial charge in [0.05, 0.1) is 5.41 Å². The second-order valence-electron chi connectivity index (χ2n) is 5.13. The summed E-state index contributed by atoms with van der Waals surface area (Å²) in [6.45, 7) is 0.193. The zero-order chi connectivity index (χ0) is 14.4. The van der Waals surface area contributed by atoms with E-state index in [0.29, 0.717) is 12.8 Å². The molecule has 20 heavy (non-hydrogen) atoms. The van der Waals surface area contributed by atoms with Crippen molar-refractivity contribution in [3.05, 3.63) is 36.2 Å². The molecule has 2 rings (SSSR count). The third-order valence-corrected chi connectivity index (χ3v) is 3.73. The van der Waals surface area contributed by atoms with Crippen LogP contribution in [0.3, 0.4) is 0 Å². The monoisotopic (exact) mass is 274 g/mol. The van der Waals surface area contributed by atoms with E-state index in [1.807, 2.05) is 6.07 Å². The van der Waals surface area contributed by atoms with Gasteiger partial charge >= 0.3 is 5.97 Å². The van der Waals surface area contributed by atoms with Crippen molar-refractivity contribution in [1.82, 2.24) is 10.3 Å². The van der Waals surface area contributed by atoms with E-state index in [2.05, 4.69) is 10.3 Å². The molecule has 1 aliphatic carbocycles. The number of aromatic nitrogens is 1. The molecule has 1 aliphatic rings. The summed E-state index contributed by atoms with van der Waals surface area (Å²) < 4.78 is 0. The van der Waals surface area contributed by atoms with E-state index in [4.69, 9.17) is 0 Å². The molecule has 0 unspecified atom stereocenters. The van der Waals surface area contributed by atoms with Crippen molar-refractivity contribution in [3.8, 4) is 0 Å². The molecule has 5 nitrogen and oxygen atoms in total. The van der Waals surface area contributed by atoms with Gasteiger partial charge in [-0.1, -0.05) is 18.9 Å². The highest BCUT2D eigenvalue weighted by atomic mass is 16.4. The van der Waals surface area contributed by atoms with Crippen LogP contribution in [0.25, 0.3) is 6.08 Å². The first-order valence-electron chi connectivity index (χ1n) is 6.72. The topological polar surface area (TPSA) is 79.3 Å². The number of amides is 1. The Kier molecular flexibility index (Phi) is 4.50. The molecule has 1 amide bonds. The molecule has 1 aromatic heterocycles. The van der Waals surface area contributed by atoms with Gasteiger partial charge in [0, 0.05) is 25.0 Å². The lowest BCUT2D eigenvalue weighted by molar-refractivity contribution is -0.148. The maximum Gasteiger partial charge on any atom is 0.311 e. The Hall–Kier alpha value is -2.17. The summed E-state index contributed by atoms with van der Waals surface area (Å²) in [7, 11) is 0. The molecule has 0 radical (unpaired) electrons. The number of nitrogens with one attached hydrogen (secondary N) is 1. The number of hydrogen-bond donors (Lipinski definition) is 2. The Balaban J connectivity index is 1.89. The van der Waals surface area contributed by atoms with Gasteiger partial charge in [-0.3, -0.25) is 14.6 Å². The van der Waals surface area contributed by atoms with Crippen LogP contribution in [0.5, 0.6) is 0 Å². The Morgan fingerprint density at radius 2 is 2.15 bits per heavy atom. The maximum absolute atomic E-state index is 11.7. The van der Waals surface area contributed by atoms with Crippen molar-refractivity contribution in [2.24, 2.45) is 5.41 Å². The molecule has 0 atom stereocenters. The minimum atomic E-state index is -0.813. The van der Waals surface area contributed by atoms with Crippen LogP contribution in [0, 0.1) is 5.41 Å². The first kappa shape index (κ1) is 14.2. The third-order valence-electron chi connectivity index (χ3n) is 3.73. The van der Waals surface area contributed by atoms with Crippen LogP contribution in [0.2, 0.25) is 0 Å². The number of nitrogens with zero attached hydrogens (tertiary/aromatic N) is 1. The number of carbonyl (C=O) groups excluding carboxylic acids is 1. The average Bonchev–Trinajstić information content (AvgIpc) is 2.94. The molecule has 1 heterocycles. The van der Waals surface area contributed by atoms with Gasteiger partial charge in [-0.05, 0) is 30.5 Å². The smallest absolute Gasteiger partial charge is 0.311 e. The molecular weight excluding hydrogens is 256 g/mol. The standard InChI is InChI=1S/C15H18N2O3/c18-13(6-5-12-4-3-9-16-10-12)17-11-15(14(19)20)7-1-2-8-15/h3-6,9-10H,1-2,7-8,11H2,(H,17,18)(H,19,20)/b6-5+. The van der Waals surface area contributed by atoms with E-state index in [1.165, 1.54) is 6.08 Å². The molecule has 1 aromatic rings. The summed E-state index contributed by atoms with van der Waals surface area (Å²) >= 11 is 0. The Labute approximate surface area is 117 Å². The van der Waals surface area contributed by atoms with Crippen LogP contribution in [0.15, 0.2) is 30.6 Å². The van der Waals surface area contributed by atoms with E-state index in [1.54, 1.807) is 24.5 Å². The van der Waals surface area contributed by atoms with E-state index in [-0.39, 0.29) is 12.5 Å². The fraction of sp³-hybridized carbons (Fsp3) is 0.400. The molecular formula is C15H18N2O3. The summed E-state index contributed by atoms with van der Waals surface area (Å²) in [5.41, 5.74) is 0.0501. The minimum Gasteiger partial charge on any atom is -0.481 e. The van der Waals surface area contributed by atoms with Crippen LogP contribution in [0.4, 0.5) is 0 Å². The molecule has 0 aromatic carbocycles. The molecule has 0 spiro atoms. The first-order valence-corrected chi connectivity index (χ1v) is 6.72. The molecule has 1 saturated carbocycles. The third kappa shape index (κ3) is 3.44. The zero-order valence-corrected chi connectivity index (χ0v) is 11.2. The normalized spacial score (nSPS) is 17.2. The summed E-state index contributed by atoms with van der Waals surface area (Å²) in [6, 6.07) is 3.63. The number of hydrogen-bond acceptors (Lipinski definition) is 3. The van der Waals surface area contributed by atoms with Gasteiger partial charge in [-0.15, -0.1) is 0 Å². The van der Waals surface area contributed by atoms with Gasteiger partial charge in [-0.2, -0.15) is 0 Å². The Morgan fingerprint density at radius 1 is 1.40 bits per heavy atom. The number of carboxylic acids is 1. The highest BCUT2D eigenvalue weighted by Gasteiger charge is 2.41. The van der Waals surface area contributed by atoms with Crippen molar-refractivity contribution >= 4 is 18.0 Å². The van der Waals surface area contributed by atoms with Gasteiger partial charge in [0.25, 0.3) is 0 Å². The number of aliphatic carboxylic acids is 1. The highest BCUT2D eigenvalue weighted by Crippen LogP contribution is 2.37. The Bertz CT molecular complexity index is 505. The van der Waals surface area contributed by atoms with Crippen molar-refractivity contribution < 1.29 is 14.7 Å². The Morgan fingerprint density at radius 3 is 2.75 bits per heavy atom. The van der Waals surface area contributed by atoms with Crippen molar-refractivity contribution in [2.75, 3.05) is 6.54 Å². The minimum absolute atomic E-state index is 0.193. The molecule has 2 N–H and O–H groups in total. The van der Waals surface area contributed by atoms with Gasteiger partial charge in [0.15, 0.2) is 0 Å². The van der Waals surface area contributed by atoms with Gasteiger partial charge in [0.1, 0.15) is 0 Å². The van der Waals surface area contributed by atoms with Gasteiger partial charge in [-0.25, -0.2) is 0 Å². The summed E-state index contributed by atoms with van der Waals surface area (Å²) in [4.78, 5) is 27.0. The SMILES string of the molecule is O=C(/C=C/c1cccnc1)NCC1(C(=O)O)CCCC1.